The fourth-order valence-electron chi connectivity index (χ4n) is 1.65. The number of rotatable bonds is 4. The van der Waals surface area contributed by atoms with Crippen LogP contribution in [0.2, 0.25) is 0 Å². The third-order valence-electron chi connectivity index (χ3n) is 2.53. The predicted octanol–water partition coefficient (Wildman–Crippen LogP) is 1.65. The number of carbonyl (C=O) groups excluding carboxylic acids is 1. The van der Waals surface area contributed by atoms with E-state index in [1.807, 2.05) is 6.92 Å². The van der Waals surface area contributed by atoms with Crippen molar-refractivity contribution in [1.82, 2.24) is 9.78 Å². The van der Waals surface area contributed by atoms with Crippen LogP contribution in [0.4, 0.5) is 11.5 Å². The minimum atomic E-state index is -0.256. The summed E-state index contributed by atoms with van der Waals surface area (Å²) in [5.41, 5.74) is 6.72. The zero-order valence-corrected chi connectivity index (χ0v) is 10.9. The molecule has 0 saturated carbocycles. The molecule has 0 saturated heterocycles. The molecule has 0 spiro atoms. The lowest BCUT2D eigenvalue weighted by Crippen LogP contribution is -2.13. The summed E-state index contributed by atoms with van der Waals surface area (Å²) in [4.78, 5) is 12.0. The first-order valence-corrected chi connectivity index (χ1v) is 5.93. The molecule has 3 N–H and O–H groups in total. The van der Waals surface area contributed by atoms with E-state index in [0.717, 1.165) is 0 Å². The molecule has 0 aliphatic carbocycles. The van der Waals surface area contributed by atoms with Gasteiger partial charge in [0.15, 0.2) is 5.82 Å². The Kier molecular flexibility index (Phi) is 3.70. The van der Waals surface area contributed by atoms with Gasteiger partial charge in [-0.2, -0.15) is 5.10 Å². The highest BCUT2D eigenvalue weighted by Gasteiger charge is 2.10. The van der Waals surface area contributed by atoms with Crippen LogP contribution < -0.4 is 15.8 Å². The number of aromatic nitrogens is 2. The standard InChI is InChI=1S/C13H16N4O2/c1-3-19-11-5-4-9(8-10(11)14)13(18)15-12-6-7-17(2)16-12/h4-8H,3,14H2,1-2H3,(H,15,16,18). The number of carbonyl (C=O) groups is 1. The molecular weight excluding hydrogens is 244 g/mol. The molecule has 0 atom stereocenters. The maximum Gasteiger partial charge on any atom is 0.256 e. The van der Waals surface area contributed by atoms with Crippen molar-refractivity contribution in [3.63, 3.8) is 0 Å². The maximum atomic E-state index is 12.0. The van der Waals surface area contributed by atoms with Gasteiger partial charge in [0.1, 0.15) is 5.75 Å². The van der Waals surface area contributed by atoms with Crippen LogP contribution in [-0.2, 0) is 7.05 Å². The van der Waals surface area contributed by atoms with Crippen molar-refractivity contribution in [1.29, 1.82) is 0 Å². The number of anilines is 2. The van der Waals surface area contributed by atoms with Crippen molar-refractivity contribution in [3.05, 3.63) is 36.0 Å². The molecule has 0 aliphatic heterocycles. The normalized spacial score (nSPS) is 10.2. The first-order valence-electron chi connectivity index (χ1n) is 5.93. The molecule has 100 valence electrons. The number of nitrogens with zero attached hydrogens (tertiary/aromatic N) is 2. The van der Waals surface area contributed by atoms with E-state index in [1.165, 1.54) is 0 Å². The maximum absolute atomic E-state index is 12.0. The SMILES string of the molecule is CCOc1ccc(C(=O)Nc2ccn(C)n2)cc1N. The first-order chi connectivity index (χ1) is 9.10. The molecule has 1 heterocycles. The fourth-order valence-corrected chi connectivity index (χ4v) is 1.65. The van der Waals surface area contributed by atoms with E-state index in [4.69, 9.17) is 10.5 Å². The molecule has 19 heavy (non-hydrogen) atoms. The summed E-state index contributed by atoms with van der Waals surface area (Å²) in [7, 11) is 1.78. The summed E-state index contributed by atoms with van der Waals surface area (Å²) in [6.07, 6.45) is 1.75. The van der Waals surface area contributed by atoms with Gasteiger partial charge in [-0.15, -0.1) is 0 Å². The number of amides is 1. The Hall–Kier alpha value is -2.50. The summed E-state index contributed by atoms with van der Waals surface area (Å²) < 4.78 is 6.93. The third-order valence-corrected chi connectivity index (χ3v) is 2.53. The minimum absolute atomic E-state index is 0.256. The number of nitrogen functional groups attached to an aromatic ring is 1. The quantitative estimate of drug-likeness (QED) is 0.819. The van der Waals surface area contributed by atoms with E-state index >= 15 is 0 Å². The highest BCUT2D eigenvalue weighted by atomic mass is 16.5. The van der Waals surface area contributed by atoms with Gasteiger partial charge in [-0.25, -0.2) is 0 Å². The van der Waals surface area contributed by atoms with Crippen LogP contribution in [0.3, 0.4) is 0 Å². The Balaban J connectivity index is 2.13. The lowest BCUT2D eigenvalue weighted by atomic mass is 10.2. The summed E-state index contributed by atoms with van der Waals surface area (Å²) in [6, 6.07) is 6.66. The number of benzene rings is 1. The van der Waals surface area contributed by atoms with Crippen LogP contribution in [0.25, 0.3) is 0 Å². The first kappa shape index (κ1) is 12.9. The Bertz CT molecular complexity index is 592. The number of ether oxygens (including phenoxy) is 1. The van der Waals surface area contributed by atoms with Crippen LogP contribution in [0, 0.1) is 0 Å². The van der Waals surface area contributed by atoms with Crippen LogP contribution in [0.15, 0.2) is 30.5 Å². The number of nitrogens with one attached hydrogen (secondary N) is 1. The lowest BCUT2D eigenvalue weighted by molar-refractivity contribution is 0.102. The molecule has 1 aromatic heterocycles. The van der Waals surface area contributed by atoms with E-state index in [2.05, 4.69) is 10.4 Å². The zero-order chi connectivity index (χ0) is 13.8. The largest absolute Gasteiger partial charge is 0.492 e. The van der Waals surface area contributed by atoms with Gasteiger partial charge in [-0.1, -0.05) is 0 Å². The monoisotopic (exact) mass is 260 g/mol. The zero-order valence-electron chi connectivity index (χ0n) is 10.9. The molecule has 2 rings (SSSR count). The molecule has 0 aliphatic rings. The second-order valence-corrected chi connectivity index (χ2v) is 4.01. The minimum Gasteiger partial charge on any atom is -0.492 e. The Morgan fingerprint density at radius 2 is 2.26 bits per heavy atom. The highest BCUT2D eigenvalue weighted by molar-refractivity contribution is 6.04. The summed E-state index contributed by atoms with van der Waals surface area (Å²) in [6.45, 7) is 2.41. The van der Waals surface area contributed by atoms with Gasteiger partial charge < -0.3 is 15.8 Å². The van der Waals surface area contributed by atoms with Crippen LogP contribution in [-0.4, -0.2) is 22.3 Å². The highest BCUT2D eigenvalue weighted by Crippen LogP contribution is 2.22. The second-order valence-electron chi connectivity index (χ2n) is 4.01. The summed E-state index contributed by atoms with van der Waals surface area (Å²) in [5.74, 6) is 0.824. The Morgan fingerprint density at radius 3 is 2.84 bits per heavy atom. The number of hydrogen-bond acceptors (Lipinski definition) is 4. The van der Waals surface area contributed by atoms with E-state index < -0.39 is 0 Å². The topological polar surface area (TPSA) is 82.2 Å². The van der Waals surface area contributed by atoms with E-state index in [0.29, 0.717) is 29.4 Å². The van der Waals surface area contributed by atoms with Gasteiger partial charge in [0.05, 0.1) is 12.3 Å². The van der Waals surface area contributed by atoms with Crippen LogP contribution in [0.5, 0.6) is 5.75 Å². The molecule has 0 bridgehead atoms. The Labute approximate surface area is 111 Å². The molecule has 2 aromatic rings. The number of nitrogens with two attached hydrogens (primary N) is 1. The Morgan fingerprint density at radius 1 is 1.47 bits per heavy atom. The molecule has 0 unspecified atom stereocenters. The summed E-state index contributed by atoms with van der Waals surface area (Å²) >= 11 is 0. The molecule has 1 amide bonds. The van der Waals surface area contributed by atoms with Crippen molar-refractivity contribution in [2.75, 3.05) is 17.7 Å². The smallest absolute Gasteiger partial charge is 0.256 e. The van der Waals surface area contributed by atoms with Gasteiger partial charge in [0.2, 0.25) is 0 Å². The average molecular weight is 260 g/mol. The third kappa shape index (κ3) is 3.04. The summed E-state index contributed by atoms with van der Waals surface area (Å²) in [5, 5.41) is 6.76. The lowest BCUT2D eigenvalue weighted by Gasteiger charge is -2.08. The van der Waals surface area contributed by atoms with E-state index in [9.17, 15) is 4.79 Å². The van der Waals surface area contributed by atoms with E-state index in [1.54, 1.807) is 42.2 Å². The van der Waals surface area contributed by atoms with Gasteiger partial charge in [0, 0.05) is 24.9 Å². The van der Waals surface area contributed by atoms with Gasteiger partial charge >= 0.3 is 0 Å². The van der Waals surface area contributed by atoms with Crippen molar-refractivity contribution < 1.29 is 9.53 Å². The average Bonchev–Trinajstić information content (AvgIpc) is 2.77. The van der Waals surface area contributed by atoms with Crippen molar-refractivity contribution in [2.24, 2.45) is 7.05 Å². The van der Waals surface area contributed by atoms with E-state index in [-0.39, 0.29) is 5.91 Å². The van der Waals surface area contributed by atoms with Crippen LogP contribution in [0.1, 0.15) is 17.3 Å². The molecular formula is C13H16N4O2. The molecule has 6 heteroatoms. The molecule has 1 aromatic carbocycles. The number of aryl methyl sites for hydroxylation is 1. The van der Waals surface area contributed by atoms with Gasteiger partial charge in [-0.3, -0.25) is 9.48 Å². The van der Waals surface area contributed by atoms with Crippen molar-refractivity contribution in [2.45, 2.75) is 6.92 Å². The molecule has 0 radical (unpaired) electrons. The molecule has 0 fully saturated rings. The second kappa shape index (κ2) is 5.43. The number of hydrogen-bond donors (Lipinski definition) is 2. The van der Waals surface area contributed by atoms with Gasteiger partial charge in [-0.05, 0) is 25.1 Å². The predicted molar refractivity (Wildman–Crippen MR) is 73.2 cm³/mol. The van der Waals surface area contributed by atoms with Crippen molar-refractivity contribution in [3.8, 4) is 5.75 Å². The van der Waals surface area contributed by atoms with Crippen molar-refractivity contribution >= 4 is 17.4 Å². The van der Waals surface area contributed by atoms with Crippen LogP contribution >= 0.6 is 0 Å². The fraction of sp³-hybridized carbons (Fsp3) is 0.231. The molecule has 6 nitrogen and oxygen atoms in total. The van der Waals surface area contributed by atoms with Gasteiger partial charge in [0.25, 0.3) is 5.91 Å².